The normalized spacial score (nSPS) is 18.9. The number of carbonyl (C=O) groups excluding carboxylic acids is 2. The zero-order valence-electron chi connectivity index (χ0n) is 17.3. The van der Waals surface area contributed by atoms with Crippen molar-refractivity contribution in [3.8, 4) is 0 Å². The molecule has 2 aromatic rings. The highest BCUT2D eigenvalue weighted by Gasteiger charge is 2.40. The van der Waals surface area contributed by atoms with Crippen molar-refractivity contribution in [1.29, 1.82) is 0 Å². The summed E-state index contributed by atoms with van der Waals surface area (Å²) in [4.78, 5) is 27.6. The summed E-state index contributed by atoms with van der Waals surface area (Å²) in [7, 11) is 0. The van der Waals surface area contributed by atoms with Crippen molar-refractivity contribution in [3.05, 3.63) is 71.0 Å². The summed E-state index contributed by atoms with van der Waals surface area (Å²) in [6.07, 6.45) is 0.898. The number of hydrogen-bond acceptors (Lipinski definition) is 2. The minimum absolute atomic E-state index is 0.0703. The van der Waals surface area contributed by atoms with Crippen molar-refractivity contribution in [3.63, 3.8) is 0 Å². The number of benzene rings is 2. The van der Waals surface area contributed by atoms with Crippen LogP contribution in [0, 0.1) is 24.6 Å². The molecule has 0 bridgehead atoms. The van der Waals surface area contributed by atoms with Crippen LogP contribution in [0.3, 0.4) is 0 Å². The van der Waals surface area contributed by atoms with Crippen LogP contribution in [-0.4, -0.2) is 36.3 Å². The van der Waals surface area contributed by atoms with Gasteiger partial charge >= 0.3 is 0 Å². The van der Waals surface area contributed by atoms with E-state index in [4.69, 9.17) is 0 Å². The molecule has 4 nitrogen and oxygen atoms in total. The number of nitrogens with zero attached hydrogens (tertiary/aromatic N) is 1. The molecule has 2 amide bonds. The largest absolute Gasteiger partial charge is 0.356 e. The van der Waals surface area contributed by atoms with Gasteiger partial charge in [0.15, 0.2) is 0 Å². The molecule has 0 spiro atoms. The number of carbonyl (C=O) groups is 2. The van der Waals surface area contributed by atoms with Gasteiger partial charge in [-0.25, -0.2) is 4.39 Å². The minimum atomic E-state index is -0.390. The average Bonchev–Trinajstić information content (AvgIpc) is 3.13. The Morgan fingerprint density at radius 1 is 1.14 bits per heavy atom. The van der Waals surface area contributed by atoms with Crippen LogP contribution < -0.4 is 5.32 Å². The molecule has 2 atom stereocenters. The van der Waals surface area contributed by atoms with E-state index in [0.29, 0.717) is 31.1 Å². The van der Waals surface area contributed by atoms with E-state index >= 15 is 0 Å². The van der Waals surface area contributed by atoms with Crippen LogP contribution in [0.1, 0.15) is 47.7 Å². The molecule has 154 valence electrons. The Kier molecular flexibility index (Phi) is 6.68. The molecule has 2 aromatic carbocycles. The van der Waals surface area contributed by atoms with Crippen LogP contribution in [0.2, 0.25) is 0 Å². The second kappa shape index (κ2) is 9.21. The van der Waals surface area contributed by atoms with Gasteiger partial charge in [-0.2, -0.15) is 0 Å². The third-order valence-corrected chi connectivity index (χ3v) is 5.54. The standard InChI is InChI=1S/C24H29FN2O2/c1-16(2)11-12-26-23(28)22-15-27(24(29)18-9-7-17(3)8-10-18)14-21(22)19-5-4-6-20(25)13-19/h4-10,13,16,21-22H,11-12,14-15H2,1-3H3,(H,26,28). The zero-order chi connectivity index (χ0) is 21.0. The number of aryl methyl sites for hydroxylation is 1. The highest BCUT2D eigenvalue weighted by molar-refractivity contribution is 5.95. The highest BCUT2D eigenvalue weighted by Crippen LogP contribution is 2.34. The lowest BCUT2D eigenvalue weighted by molar-refractivity contribution is -0.124. The minimum Gasteiger partial charge on any atom is -0.356 e. The van der Waals surface area contributed by atoms with Crippen LogP contribution >= 0.6 is 0 Å². The Hall–Kier alpha value is -2.69. The molecule has 1 fully saturated rings. The van der Waals surface area contributed by atoms with Crippen molar-refractivity contribution in [1.82, 2.24) is 10.2 Å². The average molecular weight is 397 g/mol. The van der Waals surface area contributed by atoms with Gasteiger partial charge in [0.1, 0.15) is 5.82 Å². The summed E-state index contributed by atoms with van der Waals surface area (Å²) >= 11 is 0. The van der Waals surface area contributed by atoms with E-state index in [-0.39, 0.29) is 23.5 Å². The van der Waals surface area contributed by atoms with Crippen LogP contribution in [0.15, 0.2) is 48.5 Å². The molecule has 0 aliphatic carbocycles. The summed E-state index contributed by atoms with van der Waals surface area (Å²) in [5, 5.41) is 3.01. The first-order chi connectivity index (χ1) is 13.8. The predicted octanol–water partition coefficient (Wildman–Crippen LogP) is 4.15. The van der Waals surface area contributed by atoms with Crippen molar-refractivity contribution < 1.29 is 14.0 Å². The number of halogens is 1. The lowest BCUT2D eigenvalue weighted by Gasteiger charge is -2.18. The third-order valence-electron chi connectivity index (χ3n) is 5.54. The number of rotatable bonds is 6. The van der Waals surface area contributed by atoms with Gasteiger partial charge in [-0.05, 0) is 49.1 Å². The fraction of sp³-hybridized carbons (Fsp3) is 0.417. The summed E-state index contributed by atoms with van der Waals surface area (Å²) in [6, 6.07) is 13.8. The van der Waals surface area contributed by atoms with E-state index in [1.165, 1.54) is 12.1 Å². The number of likely N-dealkylation sites (tertiary alicyclic amines) is 1. The Morgan fingerprint density at radius 2 is 1.86 bits per heavy atom. The van der Waals surface area contributed by atoms with Crippen molar-refractivity contribution in [2.24, 2.45) is 11.8 Å². The van der Waals surface area contributed by atoms with Crippen LogP contribution in [0.4, 0.5) is 4.39 Å². The van der Waals surface area contributed by atoms with E-state index < -0.39 is 5.92 Å². The molecule has 1 aliphatic heterocycles. The van der Waals surface area contributed by atoms with Gasteiger partial charge in [0.2, 0.25) is 5.91 Å². The van der Waals surface area contributed by atoms with Gasteiger partial charge in [0.05, 0.1) is 5.92 Å². The molecule has 1 aliphatic rings. The summed E-state index contributed by atoms with van der Waals surface area (Å²) in [5.41, 5.74) is 2.45. The van der Waals surface area contributed by atoms with E-state index in [0.717, 1.165) is 17.5 Å². The summed E-state index contributed by atoms with van der Waals surface area (Å²) in [5.74, 6) is -0.609. The quantitative estimate of drug-likeness (QED) is 0.797. The van der Waals surface area contributed by atoms with E-state index in [1.54, 1.807) is 11.0 Å². The number of amides is 2. The van der Waals surface area contributed by atoms with E-state index in [1.807, 2.05) is 37.3 Å². The molecule has 1 saturated heterocycles. The molecular weight excluding hydrogens is 367 g/mol. The molecule has 0 aromatic heterocycles. The van der Waals surface area contributed by atoms with E-state index in [2.05, 4.69) is 19.2 Å². The van der Waals surface area contributed by atoms with E-state index in [9.17, 15) is 14.0 Å². The molecule has 1 heterocycles. The first-order valence-corrected chi connectivity index (χ1v) is 10.2. The number of hydrogen-bond donors (Lipinski definition) is 1. The number of nitrogens with one attached hydrogen (secondary N) is 1. The third kappa shape index (κ3) is 5.22. The maximum absolute atomic E-state index is 13.8. The predicted molar refractivity (Wildman–Crippen MR) is 112 cm³/mol. The van der Waals surface area contributed by atoms with Gasteiger partial charge in [-0.3, -0.25) is 9.59 Å². The second-order valence-corrected chi connectivity index (χ2v) is 8.32. The lowest BCUT2D eigenvalue weighted by atomic mass is 9.88. The summed E-state index contributed by atoms with van der Waals surface area (Å²) in [6.45, 7) is 7.54. The fourth-order valence-corrected chi connectivity index (χ4v) is 3.80. The first-order valence-electron chi connectivity index (χ1n) is 10.2. The lowest BCUT2D eigenvalue weighted by Crippen LogP contribution is -2.36. The van der Waals surface area contributed by atoms with Crippen LogP contribution in [0.25, 0.3) is 0 Å². The van der Waals surface area contributed by atoms with Crippen molar-refractivity contribution >= 4 is 11.8 Å². The molecule has 0 radical (unpaired) electrons. The topological polar surface area (TPSA) is 49.4 Å². The highest BCUT2D eigenvalue weighted by atomic mass is 19.1. The van der Waals surface area contributed by atoms with Crippen LogP contribution in [-0.2, 0) is 4.79 Å². The van der Waals surface area contributed by atoms with Gasteiger partial charge in [0, 0.05) is 31.1 Å². The first kappa shape index (κ1) is 21.0. The maximum atomic E-state index is 13.8. The Morgan fingerprint density at radius 3 is 2.52 bits per heavy atom. The van der Waals surface area contributed by atoms with Crippen LogP contribution in [0.5, 0.6) is 0 Å². The molecule has 0 saturated carbocycles. The Balaban J connectivity index is 1.80. The monoisotopic (exact) mass is 396 g/mol. The maximum Gasteiger partial charge on any atom is 0.253 e. The Labute approximate surface area is 172 Å². The SMILES string of the molecule is Cc1ccc(C(=O)N2CC(C(=O)NCCC(C)C)C(c3cccc(F)c3)C2)cc1. The summed E-state index contributed by atoms with van der Waals surface area (Å²) < 4.78 is 13.8. The molecular formula is C24H29FN2O2. The van der Waals surface area contributed by atoms with Gasteiger partial charge in [-0.1, -0.05) is 43.7 Å². The van der Waals surface area contributed by atoms with Gasteiger partial charge in [-0.15, -0.1) is 0 Å². The Bertz CT molecular complexity index is 863. The van der Waals surface area contributed by atoms with Gasteiger partial charge in [0.25, 0.3) is 5.91 Å². The zero-order valence-corrected chi connectivity index (χ0v) is 17.3. The molecule has 3 rings (SSSR count). The van der Waals surface area contributed by atoms with Crippen molar-refractivity contribution in [2.75, 3.05) is 19.6 Å². The molecule has 5 heteroatoms. The smallest absolute Gasteiger partial charge is 0.253 e. The molecule has 1 N–H and O–H groups in total. The van der Waals surface area contributed by atoms with Gasteiger partial charge < -0.3 is 10.2 Å². The second-order valence-electron chi connectivity index (χ2n) is 8.32. The molecule has 2 unspecified atom stereocenters. The fourth-order valence-electron chi connectivity index (χ4n) is 3.80. The van der Waals surface area contributed by atoms with Crippen molar-refractivity contribution in [2.45, 2.75) is 33.1 Å². The molecule has 29 heavy (non-hydrogen) atoms.